The van der Waals surface area contributed by atoms with E-state index in [-0.39, 0.29) is 17.9 Å². The van der Waals surface area contributed by atoms with E-state index in [9.17, 15) is 9.59 Å². The Bertz CT molecular complexity index is 651. The third-order valence-corrected chi connectivity index (χ3v) is 4.56. The van der Waals surface area contributed by atoms with E-state index >= 15 is 0 Å². The zero-order valence-corrected chi connectivity index (χ0v) is 15.6. The number of hydrogen-bond acceptors (Lipinski definition) is 4. The number of piperidine rings is 1. The van der Waals surface area contributed by atoms with E-state index in [4.69, 9.17) is 10.00 Å². The molecule has 1 aromatic carbocycles. The van der Waals surface area contributed by atoms with Gasteiger partial charge < -0.3 is 14.5 Å². The first-order valence-electron chi connectivity index (χ1n) is 9.28. The molecule has 0 N–H and O–H groups in total. The molecule has 0 radical (unpaired) electrons. The number of benzene rings is 1. The minimum atomic E-state index is -0.334. The molecule has 0 spiro atoms. The van der Waals surface area contributed by atoms with E-state index in [0.717, 1.165) is 24.8 Å². The van der Waals surface area contributed by atoms with Crippen LogP contribution in [-0.4, -0.2) is 48.0 Å². The van der Waals surface area contributed by atoms with E-state index in [1.807, 2.05) is 24.0 Å². The van der Waals surface area contributed by atoms with Crippen LogP contribution >= 0.6 is 0 Å². The first kappa shape index (κ1) is 19.8. The van der Waals surface area contributed by atoms with Gasteiger partial charge in [0.25, 0.3) is 0 Å². The second-order valence-electron chi connectivity index (χ2n) is 6.55. The zero-order chi connectivity index (χ0) is 18.9. The van der Waals surface area contributed by atoms with Crippen LogP contribution in [0.25, 0.3) is 0 Å². The van der Waals surface area contributed by atoms with Crippen molar-refractivity contribution < 1.29 is 14.3 Å². The van der Waals surface area contributed by atoms with Gasteiger partial charge in [-0.15, -0.1) is 0 Å². The Kier molecular flexibility index (Phi) is 7.46. The maximum atomic E-state index is 13.0. The van der Waals surface area contributed by atoms with Crippen LogP contribution < -0.4 is 0 Å². The van der Waals surface area contributed by atoms with E-state index in [0.29, 0.717) is 38.3 Å². The highest BCUT2D eigenvalue weighted by molar-refractivity contribution is 5.80. The summed E-state index contributed by atoms with van der Waals surface area (Å²) in [5.74, 6) is -0.0942. The Hall–Kier alpha value is -2.55. The average molecular weight is 357 g/mol. The highest BCUT2D eigenvalue weighted by Gasteiger charge is 2.31. The summed E-state index contributed by atoms with van der Waals surface area (Å²) < 4.78 is 5.07. The fourth-order valence-corrected chi connectivity index (χ4v) is 3.26. The molecule has 1 aromatic rings. The SMILES string of the molecule is CCCN(Cc1ccc(C#N)cc1)C(=O)C1CCCN(C(=O)OCC)C1. The van der Waals surface area contributed by atoms with Gasteiger partial charge in [0.15, 0.2) is 0 Å². The Morgan fingerprint density at radius 2 is 2.04 bits per heavy atom. The van der Waals surface area contributed by atoms with Crippen LogP contribution in [-0.2, 0) is 16.1 Å². The van der Waals surface area contributed by atoms with Crippen molar-refractivity contribution in [2.24, 2.45) is 5.92 Å². The molecule has 26 heavy (non-hydrogen) atoms. The van der Waals surface area contributed by atoms with Crippen molar-refractivity contribution in [1.82, 2.24) is 9.80 Å². The van der Waals surface area contributed by atoms with Crippen LogP contribution in [0.15, 0.2) is 24.3 Å². The van der Waals surface area contributed by atoms with Gasteiger partial charge in [0.05, 0.1) is 24.2 Å². The topological polar surface area (TPSA) is 73.6 Å². The summed E-state index contributed by atoms with van der Waals surface area (Å²) in [6.45, 7) is 6.44. The Morgan fingerprint density at radius 1 is 1.31 bits per heavy atom. The van der Waals surface area contributed by atoms with Crippen molar-refractivity contribution in [2.45, 2.75) is 39.7 Å². The van der Waals surface area contributed by atoms with Crippen LogP contribution in [0.1, 0.15) is 44.2 Å². The minimum Gasteiger partial charge on any atom is -0.450 e. The smallest absolute Gasteiger partial charge is 0.409 e. The van der Waals surface area contributed by atoms with Gasteiger partial charge in [0.2, 0.25) is 5.91 Å². The molecule has 140 valence electrons. The molecule has 2 amide bonds. The molecule has 1 heterocycles. The molecule has 1 unspecified atom stereocenters. The van der Waals surface area contributed by atoms with Crippen LogP contribution in [0.4, 0.5) is 4.79 Å². The summed E-state index contributed by atoms with van der Waals surface area (Å²) in [7, 11) is 0. The monoisotopic (exact) mass is 357 g/mol. The number of likely N-dealkylation sites (tertiary alicyclic amines) is 1. The van der Waals surface area contributed by atoms with Gasteiger partial charge in [-0.3, -0.25) is 4.79 Å². The summed E-state index contributed by atoms with van der Waals surface area (Å²) >= 11 is 0. The first-order valence-corrected chi connectivity index (χ1v) is 9.28. The lowest BCUT2D eigenvalue weighted by molar-refractivity contribution is -0.137. The second-order valence-corrected chi connectivity index (χ2v) is 6.55. The predicted molar refractivity (Wildman–Crippen MR) is 98.2 cm³/mol. The van der Waals surface area contributed by atoms with Gasteiger partial charge in [0, 0.05) is 26.2 Å². The van der Waals surface area contributed by atoms with Crippen molar-refractivity contribution in [3.8, 4) is 6.07 Å². The third-order valence-electron chi connectivity index (χ3n) is 4.56. The van der Waals surface area contributed by atoms with Gasteiger partial charge in [-0.2, -0.15) is 5.26 Å². The van der Waals surface area contributed by atoms with Crippen molar-refractivity contribution in [1.29, 1.82) is 5.26 Å². The Morgan fingerprint density at radius 3 is 2.65 bits per heavy atom. The summed E-state index contributed by atoms with van der Waals surface area (Å²) in [6, 6.07) is 9.42. The number of rotatable bonds is 6. The van der Waals surface area contributed by atoms with Crippen LogP contribution in [0.3, 0.4) is 0 Å². The van der Waals surface area contributed by atoms with E-state index in [1.54, 1.807) is 24.0 Å². The highest BCUT2D eigenvalue weighted by atomic mass is 16.6. The lowest BCUT2D eigenvalue weighted by atomic mass is 9.96. The van der Waals surface area contributed by atoms with Crippen LogP contribution in [0.5, 0.6) is 0 Å². The van der Waals surface area contributed by atoms with Crippen molar-refractivity contribution in [2.75, 3.05) is 26.2 Å². The number of nitrogens with zero attached hydrogens (tertiary/aromatic N) is 3. The number of carbonyl (C=O) groups is 2. The Labute approximate surface area is 155 Å². The predicted octanol–water partition coefficient (Wildman–Crippen LogP) is 3.17. The summed E-state index contributed by atoms with van der Waals surface area (Å²) in [6.07, 6.45) is 2.14. The molecule has 6 heteroatoms. The molecule has 0 saturated carbocycles. The zero-order valence-electron chi connectivity index (χ0n) is 15.6. The number of carbonyl (C=O) groups excluding carboxylic acids is 2. The van der Waals surface area contributed by atoms with E-state index in [2.05, 4.69) is 6.07 Å². The molecule has 0 bridgehead atoms. The molecular formula is C20H27N3O3. The Balaban J connectivity index is 2.04. The van der Waals surface area contributed by atoms with Crippen molar-refractivity contribution in [3.63, 3.8) is 0 Å². The number of ether oxygens (including phenoxy) is 1. The standard InChI is InChI=1S/C20H27N3O3/c1-3-11-22(14-17-9-7-16(13-21)8-10-17)19(24)18-6-5-12-23(15-18)20(25)26-4-2/h7-10,18H,3-6,11-12,14-15H2,1-2H3. The molecule has 1 fully saturated rings. The van der Waals surface area contributed by atoms with E-state index < -0.39 is 0 Å². The summed E-state index contributed by atoms with van der Waals surface area (Å²) in [5.41, 5.74) is 1.61. The van der Waals surface area contributed by atoms with Gasteiger partial charge in [-0.25, -0.2) is 4.79 Å². The van der Waals surface area contributed by atoms with Crippen LogP contribution in [0, 0.1) is 17.2 Å². The molecule has 6 nitrogen and oxygen atoms in total. The number of nitriles is 1. The fourth-order valence-electron chi connectivity index (χ4n) is 3.26. The first-order chi connectivity index (χ1) is 12.6. The van der Waals surface area contributed by atoms with Gasteiger partial charge in [-0.05, 0) is 43.9 Å². The largest absolute Gasteiger partial charge is 0.450 e. The van der Waals surface area contributed by atoms with Crippen LogP contribution in [0.2, 0.25) is 0 Å². The van der Waals surface area contributed by atoms with Crippen molar-refractivity contribution >= 4 is 12.0 Å². The van der Waals surface area contributed by atoms with Gasteiger partial charge in [0.1, 0.15) is 0 Å². The summed E-state index contributed by atoms with van der Waals surface area (Å²) in [5, 5.41) is 8.90. The molecular weight excluding hydrogens is 330 g/mol. The molecule has 2 rings (SSSR count). The van der Waals surface area contributed by atoms with Gasteiger partial charge in [-0.1, -0.05) is 19.1 Å². The fraction of sp³-hybridized carbons (Fsp3) is 0.550. The van der Waals surface area contributed by atoms with Gasteiger partial charge >= 0.3 is 6.09 Å². The third kappa shape index (κ3) is 5.22. The number of amides is 2. The lowest BCUT2D eigenvalue weighted by Gasteiger charge is -2.34. The minimum absolute atomic E-state index is 0.0882. The van der Waals surface area contributed by atoms with E-state index in [1.165, 1.54) is 0 Å². The molecule has 1 aliphatic rings. The normalized spacial score (nSPS) is 16.7. The lowest BCUT2D eigenvalue weighted by Crippen LogP contribution is -2.47. The number of hydrogen-bond donors (Lipinski definition) is 0. The van der Waals surface area contributed by atoms with Crippen molar-refractivity contribution in [3.05, 3.63) is 35.4 Å². The molecule has 1 atom stereocenters. The summed E-state index contributed by atoms with van der Waals surface area (Å²) in [4.78, 5) is 28.5. The second kappa shape index (κ2) is 9.81. The maximum Gasteiger partial charge on any atom is 0.409 e. The molecule has 1 saturated heterocycles. The molecule has 0 aliphatic carbocycles. The quantitative estimate of drug-likeness (QED) is 0.784. The highest BCUT2D eigenvalue weighted by Crippen LogP contribution is 2.21. The molecule has 0 aromatic heterocycles. The molecule has 1 aliphatic heterocycles. The maximum absolute atomic E-state index is 13.0. The average Bonchev–Trinajstić information content (AvgIpc) is 2.68.